The van der Waals surface area contributed by atoms with E-state index in [1.54, 1.807) is 0 Å². The van der Waals surface area contributed by atoms with Crippen LogP contribution in [0, 0.1) is 0 Å². The van der Waals surface area contributed by atoms with Crippen molar-refractivity contribution in [1.82, 2.24) is 5.32 Å². The van der Waals surface area contributed by atoms with E-state index in [-0.39, 0.29) is 0 Å². The van der Waals surface area contributed by atoms with Crippen molar-refractivity contribution < 1.29 is 4.74 Å². The lowest BCUT2D eigenvalue weighted by Crippen LogP contribution is -2.13. The van der Waals surface area contributed by atoms with Gasteiger partial charge in [0.25, 0.3) is 0 Å². The van der Waals surface area contributed by atoms with Gasteiger partial charge in [0.1, 0.15) is 5.75 Å². The van der Waals surface area contributed by atoms with Gasteiger partial charge in [0.2, 0.25) is 0 Å². The molecular formula is C12H14ClNO. The summed E-state index contributed by atoms with van der Waals surface area (Å²) >= 11 is 6.12. The molecule has 1 atom stereocenters. The maximum Gasteiger partial charge on any atom is 0.127 e. The van der Waals surface area contributed by atoms with Crippen molar-refractivity contribution in [2.24, 2.45) is 0 Å². The Kier molecular flexibility index (Phi) is 2.33. The molecule has 1 fully saturated rings. The van der Waals surface area contributed by atoms with Crippen molar-refractivity contribution in [3.8, 4) is 5.75 Å². The number of fused-ring (bicyclic) bond motifs is 1. The minimum atomic E-state index is 0.440. The van der Waals surface area contributed by atoms with Crippen LogP contribution in [0.4, 0.5) is 0 Å². The number of nitrogens with one attached hydrogen (secondary N) is 1. The van der Waals surface area contributed by atoms with Crippen LogP contribution >= 0.6 is 11.6 Å². The average Bonchev–Trinajstić information content (AvgIpc) is 2.86. The molecule has 0 aromatic heterocycles. The molecule has 3 heteroatoms. The molecular weight excluding hydrogens is 210 g/mol. The SMILES string of the molecule is Clc1cc2c(c(C3CCCN3)c1)OCC2. The highest BCUT2D eigenvalue weighted by Crippen LogP contribution is 2.38. The summed E-state index contributed by atoms with van der Waals surface area (Å²) in [6.45, 7) is 1.90. The standard InChI is InChI=1S/C12H14ClNO/c13-9-6-8-3-5-15-12(8)10(7-9)11-2-1-4-14-11/h6-7,11,14H,1-5H2. The normalized spacial score (nSPS) is 23.9. The van der Waals surface area contributed by atoms with Gasteiger partial charge >= 0.3 is 0 Å². The van der Waals surface area contributed by atoms with Gasteiger partial charge in [0.15, 0.2) is 0 Å². The zero-order valence-corrected chi connectivity index (χ0v) is 9.31. The first-order valence-electron chi connectivity index (χ1n) is 5.53. The lowest BCUT2D eigenvalue weighted by atomic mass is 10.0. The lowest BCUT2D eigenvalue weighted by molar-refractivity contribution is 0.350. The van der Waals surface area contributed by atoms with Crippen molar-refractivity contribution in [2.75, 3.05) is 13.2 Å². The molecule has 0 spiro atoms. The number of halogens is 1. The predicted molar refractivity (Wildman–Crippen MR) is 60.6 cm³/mol. The smallest absolute Gasteiger partial charge is 0.127 e. The Hall–Kier alpha value is -0.730. The molecule has 0 aliphatic carbocycles. The van der Waals surface area contributed by atoms with E-state index in [0.29, 0.717) is 6.04 Å². The summed E-state index contributed by atoms with van der Waals surface area (Å²) in [6, 6.07) is 4.52. The predicted octanol–water partition coefficient (Wildman–Crippen LogP) is 2.70. The first-order valence-corrected chi connectivity index (χ1v) is 5.91. The molecule has 1 saturated heterocycles. The molecule has 0 bridgehead atoms. The number of hydrogen-bond acceptors (Lipinski definition) is 2. The third-order valence-corrected chi connectivity index (χ3v) is 3.43. The van der Waals surface area contributed by atoms with E-state index in [9.17, 15) is 0 Å². The summed E-state index contributed by atoms with van der Waals surface area (Å²) < 4.78 is 5.70. The van der Waals surface area contributed by atoms with E-state index in [1.807, 2.05) is 6.07 Å². The molecule has 0 amide bonds. The molecule has 1 aromatic carbocycles. The van der Waals surface area contributed by atoms with Crippen molar-refractivity contribution in [3.05, 3.63) is 28.3 Å². The average molecular weight is 224 g/mol. The van der Waals surface area contributed by atoms with E-state index in [4.69, 9.17) is 16.3 Å². The number of ether oxygens (including phenoxy) is 1. The topological polar surface area (TPSA) is 21.3 Å². The summed E-state index contributed by atoms with van der Waals surface area (Å²) in [7, 11) is 0. The van der Waals surface area contributed by atoms with Crippen molar-refractivity contribution in [2.45, 2.75) is 25.3 Å². The Labute approximate surface area is 94.6 Å². The fraction of sp³-hybridized carbons (Fsp3) is 0.500. The van der Waals surface area contributed by atoms with Crippen LogP contribution in [0.3, 0.4) is 0 Å². The molecule has 1 N–H and O–H groups in total. The lowest BCUT2D eigenvalue weighted by Gasteiger charge is -2.15. The largest absolute Gasteiger partial charge is 0.493 e. The fourth-order valence-electron chi connectivity index (χ4n) is 2.51. The minimum Gasteiger partial charge on any atom is -0.493 e. The molecule has 1 aromatic rings. The third-order valence-electron chi connectivity index (χ3n) is 3.21. The van der Waals surface area contributed by atoms with Crippen LogP contribution in [0.25, 0.3) is 0 Å². The summed E-state index contributed by atoms with van der Waals surface area (Å²) in [5, 5.41) is 4.33. The van der Waals surface area contributed by atoms with Crippen molar-refractivity contribution in [3.63, 3.8) is 0 Å². The van der Waals surface area contributed by atoms with Gasteiger partial charge in [0.05, 0.1) is 6.61 Å². The van der Waals surface area contributed by atoms with E-state index < -0.39 is 0 Å². The van der Waals surface area contributed by atoms with Crippen LogP contribution in [0.1, 0.15) is 30.0 Å². The molecule has 2 aliphatic heterocycles. The molecule has 2 heterocycles. The van der Waals surface area contributed by atoms with Crippen LogP contribution < -0.4 is 10.1 Å². The van der Waals surface area contributed by atoms with Gasteiger partial charge in [-0.15, -0.1) is 0 Å². The van der Waals surface area contributed by atoms with Crippen LogP contribution in [0.5, 0.6) is 5.75 Å². The second-order valence-corrected chi connectivity index (χ2v) is 4.67. The summed E-state index contributed by atoms with van der Waals surface area (Å²) in [4.78, 5) is 0. The number of benzene rings is 1. The van der Waals surface area contributed by atoms with Gasteiger partial charge in [-0.05, 0) is 37.1 Å². The highest BCUT2D eigenvalue weighted by atomic mass is 35.5. The summed E-state index contributed by atoms with van der Waals surface area (Å²) in [5.41, 5.74) is 2.53. The van der Waals surface area contributed by atoms with Gasteiger partial charge in [-0.3, -0.25) is 0 Å². The second kappa shape index (κ2) is 3.69. The molecule has 1 unspecified atom stereocenters. The zero-order chi connectivity index (χ0) is 10.3. The number of hydrogen-bond donors (Lipinski definition) is 1. The Balaban J connectivity index is 2.05. The molecule has 3 rings (SSSR count). The Bertz CT molecular complexity index is 385. The molecule has 2 nitrogen and oxygen atoms in total. The van der Waals surface area contributed by atoms with Gasteiger partial charge in [-0.1, -0.05) is 11.6 Å². The van der Waals surface area contributed by atoms with Crippen LogP contribution in [-0.2, 0) is 6.42 Å². The highest BCUT2D eigenvalue weighted by molar-refractivity contribution is 6.30. The van der Waals surface area contributed by atoms with E-state index in [0.717, 1.165) is 30.3 Å². The van der Waals surface area contributed by atoms with Crippen LogP contribution in [0.2, 0.25) is 5.02 Å². The quantitative estimate of drug-likeness (QED) is 0.791. The molecule has 2 aliphatic rings. The van der Waals surface area contributed by atoms with Gasteiger partial charge in [-0.25, -0.2) is 0 Å². The molecule has 0 saturated carbocycles. The highest BCUT2D eigenvalue weighted by Gasteiger charge is 2.25. The summed E-state index contributed by atoms with van der Waals surface area (Å²) in [5.74, 6) is 1.08. The molecule has 15 heavy (non-hydrogen) atoms. The van der Waals surface area contributed by atoms with E-state index in [1.165, 1.54) is 24.0 Å². The maximum atomic E-state index is 6.12. The fourth-order valence-corrected chi connectivity index (χ4v) is 2.76. The van der Waals surface area contributed by atoms with E-state index in [2.05, 4.69) is 11.4 Å². The Morgan fingerprint density at radius 3 is 3.13 bits per heavy atom. The van der Waals surface area contributed by atoms with Crippen LogP contribution in [0.15, 0.2) is 12.1 Å². The van der Waals surface area contributed by atoms with E-state index >= 15 is 0 Å². The molecule has 0 radical (unpaired) electrons. The Morgan fingerprint density at radius 2 is 2.33 bits per heavy atom. The monoisotopic (exact) mass is 223 g/mol. The molecule has 80 valence electrons. The zero-order valence-electron chi connectivity index (χ0n) is 8.55. The Morgan fingerprint density at radius 1 is 1.40 bits per heavy atom. The number of rotatable bonds is 1. The minimum absolute atomic E-state index is 0.440. The van der Waals surface area contributed by atoms with Gasteiger partial charge in [-0.2, -0.15) is 0 Å². The van der Waals surface area contributed by atoms with Crippen LogP contribution in [-0.4, -0.2) is 13.2 Å². The third kappa shape index (κ3) is 1.62. The first-order chi connectivity index (χ1) is 7.34. The first kappa shape index (κ1) is 9.49. The van der Waals surface area contributed by atoms with Gasteiger partial charge in [0, 0.05) is 23.0 Å². The second-order valence-electron chi connectivity index (χ2n) is 4.23. The summed E-state index contributed by atoms with van der Waals surface area (Å²) in [6.07, 6.45) is 3.43. The van der Waals surface area contributed by atoms with Gasteiger partial charge < -0.3 is 10.1 Å². The van der Waals surface area contributed by atoms with Crippen molar-refractivity contribution in [1.29, 1.82) is 0 Å². The maximum absolute atomic E-state index is 6.12. The van der Waals surface area contributed by atoms with Crippen molar-refractivity contribution >= 4 is 11.6 Å².